The lowest BCUT2D eigenvalue weighted by Crippen LogP contribution is -2.32. The van der Waals surface area contributed by atoms with Crippen molar-refractivity contribution in [2.75, 3.05) is 20.3 Å². The summed E-state index contributed by atoms with van der Waals surface area (Å²) in [5.41, 5.74) is 0.819. The average molecular weight is 258 g/mol. The lowest BCUT2D eigenvalue weighted by Gasteiger charge is -2.22. The maximum Gasteiger partial charge on any atom is 0.124 e. The predicted octanol–water partition coefficient (Wildman–Crippen LogP) is 2.46. The SMILES string of the molecule is COc1cccc(Cl)c1CNCC(C)(C)CO. The van der Waals surface area contributed by atoms with E-state index in [4.69, 9.17) is 21.4 Å². The van der Waals surface area contributed by atoms with Gasteiger partial charge in [-0.3, -0.25) is 0 Å². The standard InChI is InChI=1S/C13H20ClNO2/c1-13(2,9-16)8-15-7-10-11(14)5-4-6-12(10)17-3/h4-6,15-16H,7-9H2,1-3H3. The third kappa shape index (κ3) is 4.19. The number of methoxy groups -OCH3 is 1. The summed E-state index contributed by atoms with van der Waals surface area (Å²) in [6, 6.07) is 5.60. The van der Waals surface area contributed by atoms with E-state index in [0.717, 1.165) is 17.9 Å². The van der Waals surface area contributed by atoms with E-state index in [2.05, 4.69) is 5.32 Å². The van der Waals surface area contributed by atoms with Crippen LogP contribution in [0.2, 0.25) is 5.02 Å². The first kappa shape index (κ1) is 14.3. The Labute approximate surface area is 108 Å². The molecule has 17 heavy (non-hydrogen) atoms. The second-order valence-electron chi connectivity index (χ2n) is 4.85. The van der Waals surface area contributed by atoms with Crippen LogP contribution in [0.5, 0.6) is 5.75 Å². The summed E-state index contributed by atoms with van der Waals surface area (Å²) >= 11 is 6.12. The summed E-state index contributed by atoms with van der Waals surface area (Å²) < 4.78 is 5.26. The first-order valence-corrected chi connectivity index (χ1v) is 6.01. The predicted molar refractivity (Wildman–Crippen MR) is 70.6 cm³/mol. The molecule has 0 bridgehead atoms. The molecule has 0 saturated heterocycles. The molecule has 0 aliphatic rings. The van der Waals surface area contributed by atoms with Crippen molar-refractivity contribution in [3.05, 3.63) is 28.8 Å². The average Bonchev–Trinajstić information content (AvgIpc) is 2.31. The Kier molecular flexibility index (Phi) is 5.25. The van der Waals surface area contributed by atoms with Crippen LogP contribution in [-0.4, -0.2) is 25.4 Å². The Bertz CT molecular complexity index is 366. The summed E-state index contributed by atoms with van der Waals surface area (Å²) in [5.74, 6) is 0.784. The summed E-state index contributed by atoms with van der Waals surface area (Å²) in [7, 11) is 1.63. The summed E-state index contributed by atoms with van der Waals surface area (Å²) in [6.07, 6.45) is 0. The molecule has 0 aliphatic carbocycles. The van der Waals surface area contributed by atoms with Gasteiger partial charge >= 0.3 is 0 Å². The van der Waals surface area contributed by atoms with Gasteiger partial charge in [-0.2, -0.15) is 0 Å². The minimum absolute atomic E-state index is 0.130. The highest BCUT2D eigenvalue weighted by Gasteiger charge is 2.16. The van der Waals surface area contributed by atoms with Crippen LogP contribution in [-0.2, 0) is 6.54 Å². The normalized spacial score (nSPS) is 11.6. The van der Waals surface area contributed by atoms with Gasteiger partial charge in [0, 0.05) is 35.7 Å². The van der Waals surface area contributed by atoms with E-state index in [0.29, 0.717) is 11.6 Å². The molecule has 3 nitrogen and oxygen atoms in total. The maximum atomic E-state index is 9.16. The minimum Gasteiger partial charge on any atom is -0.496 e. The summed E-state index contributed by atoms with van der Waals surface area (Å²) in [4.78, 5) is 0. The first-order valence-electron chi connectivity index (χ1n) is 5.63. The molecule has 2 N–H and O–H groups in total. The highest BCUT2D eigenvalue weighted by Crippen LogP contribution is 2.26. The van der Waals surface area contributed by atoms with E-state index in [9.17, 15) is 0 Å². The van der Waals surface area contributed by atoms with Gasteiger partial charge < -0.3 is 15.2 Å². The number of aliphatic hydroxyl groups excluding tert-OH is 1. The van der Waals surface area contributed by atoms with E-state index in [1.807, 2.05) is 32.0 Å². The molecule has 0 heterocycles. The smallest absolute Gasteiger partial charge is 0.124 e. The van der Waals surface area contributed by atoms with Crippen LogP contribution < -0.4 is 10.1 Å². The number of rotatable bonds is 6. The van der Waals surface area contributed by atoms with Crippen molar-refractivity contribution in [3.8, 4) is 5.75 Å². The number of hydrogen-bond donors (Lipinski definition) is 2. The van der Waals surface area contributed by atoms with Crippen LogP contribution in [0.4, 0.5) is 0 Å². The Balaban J connectivity index is 2.63. The minimum atomic E-state index is -0.130. The molecule has 0 atom stereocenters. The van der Waals surface area contributed by atoms with E-state index in [-0.39, 0.29) is 12.0 Å². The lowest BCUT2D eigenvalue weighted by molar-refractivity contribution is 0.156. The van der Waals surface area contributed by atoms with Crippen LogP contribution in [0.15, 0.2) is 18.2 Å². The van der Waals surface area contributed by atoms with Crippen LogP contribution >= 0.6 is 11.6 Å². The summed E-state index contributed by atoms with van der Waals surface area (Å²) in [5, 5.41) is 13.1. The first-order chi connectivity index (χ1) is 8.00. The zero-order chi connectivity index (χ0) is 12.9. The molecule has 0 saturated carbocycles. The Morgan fingerprint density at radius 2 is 2.12 bits per heavy atom. The number of hydrogen-bond acceptors (Lipinski definition) is 3. The van der Waals surface area contributed by atoms with Crippen molar-refractivity contribution in [1.29, 1.82) is 0 Å². The maximum absolute atomic E-state index is 9.16. The molecule has 0 radical (unpaired) electrons. The fourth-order valence-electron chi connectivity index (χ4n) is 1.48. The van der Waals surface area contributed by atoms with Crippen molar-refractivity contribution < 1.29 is 9.84 Å². The number of aliphatic hydroxyl groups is 1. The van der Waals surface area contributed by atoms with E-state index >= 15 is 0 Å². The van der Waals surface area contributed by atoms with Gasteiger partial charge in [0.05, 0.1) is 7.11 Å². The van der Waals surface area contributed by atoms with E-state index in [1.165, 1.54) is 0 Å². The second-order valence-corrected chi connectivity index (χ2v) is 5.25. The molecule has 0 aromatic heterocycles. The Hall–Kier alpha value is -0.770. The lowest BCUT2D eigenvalue weighted by atomic mass is 9.95. The van der Waals surface area contributed by atoms with Gasteiger partial charge in [-0.1, -0.05) is 31.5 Å². The molecule has 96 valence electrons. The molecular weight excluding hydrogens is 238 g/mol. The zero-order valence-corrected chi connectivity index (χ0v) is 11.3. The molecule has 0 fully saturated rings. The number of nitrogens with one attached hydrogen (secondary N) is 1. The number of benzene rings is 1. The third-order valence-corrected chi connectivity index (χ3v) is 2.98. The van der Waals surface area contributed by atoms with Gasteiger partial charge in [-0.15, -0.1) is 0 Å². The molecule has 0 amide bonds. The van der Waals surface area contributed by atoms with E-state index < -0.39 is 0 Å². The van der Waals surface area contributed by atoms with Gasteiger partial charge in [0.15, 0.2) is 0 Å². The molecule has 1 aromatic rings. The van der Waals surface area contributed by atoms with Crippen molar-refractivity contribution in [2.24, 2.45) is 5.41 Å². The van der Waals surface area contributed by atoms with Gasteiger partial charge in [0.2, 0.25) is 0 Å². The van der Waals surface area contributed by atoms with Crippen LogP contribution in [0.25, 0.3) is 0 Å². The van der Waals surface area contributed by atoms with Crippen molar-refractivity contribution in [1.82, 2.24) is 5.32 Å². The molecule has 0 unspecified atom stereocenters. The van der Waals surface area contributed by atoms with Gasteiger partial charge in [-0.05, 0) is 12.1 Å². The van der Waals surface area contributed by atoms with Gasteiger partial charge in [0.25, 0.3) is 0 Å². The van der Waals surface area contributed by atoms with Crippen LogP contribution in [0.1, 0.15) is 19.4 Å². The fourth-order valence-corrected chi connectivity index (χ4v) is 1.72. The van der Waals surface area contributed by atoms with Crippen LogP contribution in [0.3, 0.4) is 0 Å². The van der Waals surface area contributed by atoms with Gasteiger partial charge in [0.1, 0.15) is 5.75 Å². The topological polar surface area (TPSA) is 41.5 Å². The molecule has 1 aromatic carbocycles. The Morgan fingerprint density at radius 1 is 1.41 bits per heavy atom. The van der Waals surface area contributed by atoms with E-state index in [1.54, 1.807) is 7.11 Å². The second kappa shape index (κ2) is 6.24. The molecule has 1 rings (SSSR count). The Morgan fingerprint density at radius 3 is 2.71 bits per heavy atom. The molecular formula is C13H20ClNO2. The number of halogens is 1. The van der Waals surface area contributed by atoms with Gasteiger partial charge in [-0.25, -0.2) is 0 Å². The quantitative estimate of drug-likeness (QED) is 0.823. The van der Waals surface area contributed by atoms with Crippen molar-refractivity contribution >= 4 is 11.6 Å². The fraction of sp³-hybridized carbons (Fsp3) is 0.538. The molecule has 0 spiro atoms. The van der Waals surface area contributed by atoms with Crippen molar-refractivity contribution in [2.45, 2.75) is 20.4 Å². The largest absolute Gasteiger partial charge is 0.496 e. The monoisotopic (exact) mass is 257 g/mol. The molecule has 4 heteroatoms. The highest BCUT2D eigenvalue weighted by atomic mass is 35.5. The van der Waals surface area contributed by atoms with Crippen molar-refractivity contribution in [3.63, 3.8) is 0 Å². The number of ether oxygens (including phenoxy) is 1. The molecule has 0 aliphatic heterocycles. The highest BCUT2D eigenvalue weighted by molar-refractivity contribution is 6.31. The third-order valence-electron chi connectivity index (χ3n) is 2.63. The zero-order valence-electron chi connectivity index (χ0n) is 10.6. The van der Waals surface area contributed by atoms with Crippen LogP contribution in [0, 0.1) is 5.41 Å². The summed E-state index contributed by atoms with van der Waals surface area (Å²) in [6.45, 7) is 5.51.